The number of amides is 1. The number of hydrogen-bond acceptors (Lipinski definition) is 5. The van der Waals surface area contributed by atoms with Crippen molar-refractivity contribution in [2.24, 2.45) is 5.73 Å². The maximum absolute atomic E-state index is 11.1. The van der Waals surface area contributed by atoms with Crippen molar-refractivity contribution in [2.45, 2.75) is 0 Å². The van der Waals surface area contributed by atoms with Gasteiger partial charge in [-0.15, -0.1) is 0 Å². The molecule has 0 aliphatic heterocycles. The fraction of sp³-hybridized carbons (Fsp3) is 0. The van der Waals surface area contributed by atoms with Crippen LogP contribution in [0.25, 0.3) is 5.82 Å². The number of primary amides is 1. The Bertz CT molecular complexity index is 927. The first kappa shape index (κ1) is 16.5. The number of carbonyl (C=O) groups is 1. The van der Waals surface area contributed by atoms with Crippen LogP contribution in [0, 0.1) is 0 Å². The number of nitrogens with zero attached hydrogens (tertiary/aromatic N) is 4. The fourth-order valence-electron chi connectivity index (χ4n) is 1.88. The molecule has 0 unspecified atom stereocenters. The fourth-order valence-corrected chi connectivity index (χ4v) is 2.56. The minimum Gasteiger partial charge on any atom is -0.366 e. The van der Waals surface area contributed by atoms with Crippen LogP contribution in [-0.2, 0) is 0 Å². The number of nitrogens with one attached hydrogen (secondary N) is 1. The number of hydrogen-bond donors (Lipinski definition) is 2. The Morgan fingerprint density at radius 3 is 2.54 bits per heavy atom. The molecule has 3 rings (SSSR count). The normalized spacial score (nSPS) is 10.6. The third kappa shape index (κ3) is 3.43. The molecule has 3 N–H and O–H groups in total. The van der Waals surface area contributed by atoms with Crippen LogP contribution in [0.2, 0.25) is 15.1 Å². The van der Waals surface area contributed by atoms with Gasteiger partial charge in [-0.1, -0.05) is 34.8 Å². The summed E-state index contributed by atoms with van der Waals surface area (Å²) in [6.45, 7) is 0. The van der Waals surface area contributed by atoms with E-state index in [0.29, 0.717) is 27.4 Å². The number of aromatic nitrogens is 4. The first-order valence-electron chi connectivity index (χ1n) is 6.52. The predicted molar refractivity (Wildman–Crippen MR) is 92.4 cm³/mol. The highest BCUT2D eigenvalue weighted by Gasteiger charge is 2.11. The molecule has 10 heteroatoms. The molecule has 122 valence electrons. The van der Waals surface area contributed by atoms with E-state index in [1.165, 1.54) is 23.1 Å². The van der Waals surface area contributed by atoms with Gasteiger partial charge in [-0.05, 0) is 12.1 Å². The summed E-state index contributed by atoms with van der Waals surface area (Å²) in [6.07, 6.45) is 6.01. The van der Waals surface area contributed by atoms with E-state index in [1.54, 1.807) is 18.5 Å². The highest BCUT2D eigenvalue weighted by molar-refractivity contribution is 6.35. The van der Waals surface area contributed by atoms with Gasteiger partial charge in [-0.25, -0.2) is 14.6 Å². The number of halogens is 3. The molecule has 0 spiro atoms. The largest absolute Gasteiger partial charge is 0.366 e. The topological polar surface area (TPSA) is 98.7 Å². The minimum absolute atomic E-state index is 0.221. The van der Waals surface area contributed by atoms with Gasteiger partial charge in [-0.2, -0.15) is 5.10 Å². The van der Waals surface area contributed by atoms with E-state index in [-0.39, 0.29) is 10.6 Å². The molecule has 0 fully saturated rings. The first-order chi connectivity index (χ1) is 11.4. The number of rotatable bonds is 4. The molecule has 3 aromatic rings. The summed E-state index contributed by atoms with van der Waals surface area (Å²) in [6, 6.07) is 3.00. The van der Waals surface area contributed by atoms with E-state index < -0.39 is 5.91 Å². The lowest BCUT2D eigenvalue weighted by molar-refractivity contribution is 0.1000. The molecular weight excluding hydrogens is 375 g/mol. The molecule has 0 aromatic carbocycles. The third-order valence-electron chi connectivity index (χ3n) is 2.98. The van der Waals surface area contributed by atoms with Gasteiger partial charge in [0.2, 0.25) is 5.91 Å². The summed E-state index contributed by atoms with van der Waals surface area (Å²) in [4.78, 5) is 19.3. The number of nitrogens with two attached hydrogens (primary N) is 1. The van der Waals surface area contributed by atoms with E-state index in [1.807, 2.05) is 0 Å². The van der Waals surface area contributed by atoms with Crippen LogP contribution in [0.3, 0.4) is 0 Å². The molecule has 1 amide bonds. The molecule has 3 heterocycles. The number of pyridine rings is 2. The summed E-state index contributed by atoms with van der Waals surface area (Å²) >= 11 is 18.0. The van der Waals surface area contributed by atoms with Gasteiger partial charge in [0.05, 0.1) is 38.7 Å². The maximum atomic E-state index is 11.1. The van der Waals surface area contributed by atoms with Crippen molar-refractivity contribution in [3.8, 4) is 5.82 Å². The Balaban J connectivity index is 1.85. The zero-order valence-electron chi connectivity index (χ0n) is 11.9. The van der Waals surface area contributed by atoms with Crippen molar-refractivity contribution >= 4 is 52.2 Å². The van der Waals surface area contributed by atoms with Crippen LogP contribution in [0.1, 0.15) is 10.4 Å². The van der Waals surface area contributed by atoms with Crippen LogP contribution >= 0.6 is 34.8 Å². The summed E-state index contributed by atoms with van der Waals surface area (Å²) in [5.41, 5.74) is 6.00. The standard InChI is InChI=1S/C14H9Cl3N6O/c15-8-2-11(17)14(20-4-8)23-6-9(5-21-23)22-13-10(16)1-7(3-19-13)12(18)24/h1-6H,(H2,18,24)(H,19,22). The smallest absolute Gasteiger partial charge is 0.250 e. The van der Waals surface area contributed by atoms with Crippen molar-refractivity contribution in [1.82, 2.24) is 19.7 Å². The Morgan fingerprint density at radius 2 is 1.88 bits per heavy atom. The van der Waals surface area contributed by atoms with Crippen LogP contribution in [0.15, 0.2) is 36.9 Å². The molecular formula is C14H9Cl3N6O. The lowest BCUT2D eigenvalue weighted by atomic mass is 10.2. The van der Waals surface area contributed by atoms with Crippen molar-refractivity contribution in [3.05, 3.63) is 57.6 Å². The molecule has 24 heavy (non-hydrogen) atoms. The monoisotopic (exact) mass is 382 g/mol. The summed E-state index contributed by atoms with van der Waals surface area (Å²) in [5.74, 6) is 0.181. The van der Waals surface area contributed by atoms with Gasteiger partial charge in [-0.3, -0.25) is 4.79 Å². The van der Waals surface area contributed by atoms with Gasteiger partial charge in [0.1, 0.15) is 5.82 Å². The van der Waals surface area contributed by atoms with Crippen LogP contribution in [0.4, 0.5) is 11.5 Å². The van der Waals surface area contributed by atoms with Gasteiger partial charge >= 0.3 is 0 Å². The van der Waals surface area contributed by atoms with Gasteiger partial charge in [0.25, 0.3) is 0 Å². The Kier molecular flexibility index (Phi) is 4.57. The van der Waals surface area contributed by atoms with E-state index in [4.69, 9.17) is 40.5 Å². The molecule has 0 aliphatic rings. The molecule has 0 saturated heterocycles. The molecule has 7 nitrogen and oxygen atoms in total. The van der Waals surface area contributed by atoms with Gasteiger partial charge < -0.3 is 11.1 Å². The molecule has 0 atom stereocenters. The van der Waals surface area contributed by atoms with Gasteiger partial charge in [0.15, 0.2) is 5.82 Å². The van der Waals surface area contributed by atoms with E-state index >= 15 is 0 Å². The summed E-state index contributed by atoms with van der Waals surface area (Å²) < 4.78 is 1.48. The second-order valence-electron chi connectivity index (χ2n) is 4.68. The summed E-state index contributed by atoms with van der Waals surface area (Å²) in [5, 5.41) is 8.19. The molecule has 0 saturated carbocycles. The van der Waals surface area contributed by atoms with E-state index in [0.717, 1.165) is 0 Å². The zero-order chi connectivity index (χ0) is 17.3. The van der Waals surface area contributed by atoms with Crippen molar-refractivity contribution in [2.75, 3.05) is 5.32 Å². The Hall–Kier alpha value is -2.35. The number of anilines is 2. The quantitative estimate of drug-likeness (QED) is 0.719. The predicted octanol–water partition coefficient (Wildman–Crippen LogP) is 3.47. The molecule has 0 aliphatic carbocycles. The highest BCUT2D eigenvalue weighted by Crippen LogP contribution is 2.26. The lowest BCUT2D eigenvalue weighted by Crippen LogP contribution is -2.11. The summed E-state index contributed by atoms with van der Waals surface area (Å²) in [7, 11) is 0. The average Bonchev–Trinajstić information content (AvgIpc) is 2.97. The average molecular weight is 384 g/mol. The van der Waals surface area contributed by atoms with Crippen molar-refractivity contribution in [3.63, 3.8) is 0 Å². The van der Waals surface area contributed by atoms with Crippen LogP contribution in [0.5, 0.6) is 0 Å². The molecule has 0 radical (unpaired) electrons. The molecule has 3 aromatic heterocycles. The van der Waals surface area contributed by atoms with Crippen LogP contribution < -0.4 is 11.1 Å². The van der Waals surface area contributed by atoms with Gasteiger partial charge in [0, 0.05) is 12.4 Å². The van der Waals surface area contributed by atoms with E-state index in [2.05, 4.69) is 20.4 Å². The second-order valence-corrected chi connectivity index (χ2v) is 5.93. The second kappa shape index (κ2) is 6.64. The Morgan fingerprint density at radius 1 is 1.08 bits per heavy atom. The minimum atomic E-state index is -0.604. The van der Waals surface area contributed by atoms with E-state index in [9.17, 15) is 4.79 Å². The van der Waals surface area contributed by atoms with Crippen LogP contribution in [-0.4, -0.2) is 25.7 Å². The van der Waals surface area contributed by atoms with Crippen molar-refractivity contribution in [1.29, 1.82) is 0 Å². The highest BCUT2D eigenvalue weighted by atomic mass is 35.5. The maximum Gasteiger partial charge on any atom is 0.250 e. The lowest BCUT2D eigenvalue weighted by Gasteiger charge is -2.06. The van der Waals surface area contributed by atoms with Crippen molar-refractivity contribution < 1.29 is 4.79 Å². The Labute approximate surface area is 151 Å². The third-order valence-corrected chi connectivity index (χ3v) is 3.75. The number of carbonyl (C=O) groups excluding carboxylic acids is 1. The zero-order valence-corrected chi connectivity index (χ0v) is 14.1. The molecule has 0 bridgehead atoms. The first-order valence-corrected chi connectivity index (χ1v) is 7.66. The SMILES string of the molecule is NC(=O)c1cnc(Nc2cnn(-c3ncc(Cl)cc3Cl)c2)c(Cl)c1.